The van der Waals surface area contributed by atoms with Crippen molar-refractivity contribution in [2.75, 3.05) is 33.5 Å². The van der Waals surface area contributed by atoms with E-state index in [1.54, 1.807) is 25.3 Å². The Bertz CT molecular complexity index is 1100. The summed E-state index contributed by atoms with van der Waals surface area (Å²) in [5, 5.41) is 0. The molecule has 1 aromatic rings. The van der Waals surface area contributed by atoms with Gasteiger partial charge in [-0.2, -0.15) is 0 Å². The lowest BCUT2D eigenvalue weighted by molar-refractivity contribution is 0.0519. The van der Waals surface area contributed by atoms with Gasteiger partial charge in [-0.1, -0.05) is 43.0 Å². The predicted molar refractivity (Wildman–Crippen MR) is 153 cm³/mol. The van der Waals surface area contributed by atoms with Crippen LogP contribution in [0.1, 0.15) is 56.8 Å². The van der Waals surface area contributed by atoms with Crippen molar-refractivity contribution in [1.29, 1.82) is 0 Å². The fourth-order valence-corrected chi connectivity index (χ4v) is 4.64. The number of ether oxygens (including phenoxy) is 1. The Labute approximate surface area is 226 Å². The Morgan fingerprint density at radius 1 is 1.29 bits per heavy atom. The van der Waals surface area contributed by atoms with Crippen LogP contribution in [0.4, 0.5) is 13.2 Å². The van der Waals surface area contributed by atoms with Crippen molar-refractivity contribution in [2.45, 2.75) is 58.3 Å². The van der Waals surface area contributed by atoms with Crippen molar-refractivity contribution in [3.05, 3.63) is 89.3 Å². The summed E-state index contributed by atoms with van der Waals surface area (Å²) in [5.41, 5.74) is 8.58. The molecule has 0 bridgehead atoms. The molecule has 0 fully saturated rings. The molecule has 2 atom stereocenters. The first-order valence-electron chi connectivity index (χ1n) is 13.0. The fraction of sp³-hybridized carbons (Fsp3) is 0.452. The second kappa shape index (κ2) is 14.9. The van der Waals surface area contributed by atoms with Gasteiger partial charge in [0.05, 0.1) is 6.61 Å². The van der Waals surface area contributed by atoms with Gasteiger partial charge in [-0.15, -0.1) is 0 Å². The molecule has 1 aliphatic heterocycles. The van der Waals surface area contributed by atoms with Crippen LogP contribution in [0, 0.1) is 0 Å². The zero-order valence-corrected chi connectivity index (χ0v) is 23.3. The highest BCUT2D eigenvalue weighted by Crippen LogP contribution is 2.40. The zero-order valence-electron chi connectivity index (χ0n) is 23.3. The summed E-state index contributed by atoms with van der Waals surface area (Å²) in [6.45, 7) is 11.6. The molecule has 2 unspecified atom stereocenters. The molecule has 38 heavy (non-hydrogen) atoms. The van der Waals surface area contributed by atoms with Gasteiger partial charge < -0.3 is 10.5 Å². The molecule has 2 rings (SSSR count). The molecule has 0 saturated carbocycles. The second-order valence-corrected chi connectivity index (χ2v) is 10.1. The van der Waals surface area contributed by atoms with E-state index < -0.39 is 18.2 Å². The average Bonchev–Trinajstić information content (AvgIpc) is 2.84. The minimum Gasteiger partial charge on any atom is -0.384 e. The highest BCUT2D eigenvalue weighted by Gasteiger charge is 2.36. The molecule has 0 spiro atoms. The maximum absolute atomic E-state index is 15.4. The molecule has 4 nitrogen and oxygen atoms in total. The van der Waals surface area contributed by atoms with Crippen LogP contribution in [-0.4, -0.2) is 55.9 Å². The lowest BCUT2D eigenvalue weighted by Gasteiger charge is -2.44. The normalized spacial score (nSPS) is 19.9. The van der Waals surface area contributed by atoms with Crippen LogP contribution in [0.25, 0.3) is 5.57 Å². The van der Waals surface area contributed by atoms with E-state index >= 15 is 4.39 Å². The maximum atomic E-state index is 15.4. The number of hydrogen-bond donors (Lipinski definition) is 1. The number of rotatable bonds is 13. The quantitative estimate of drug-likeness (QED) is 0.170. The van der Waals surface area contributed by atoms with Gasteiger partial charge >= 0.3 is 0 Å². The lowest BCUT2D eigenvalue weighted by Crippen LogP contribution is -2.47. The third-order valence-electron chi connectivity index (χ3n) is 6.31. The number of benzene rings is 1. The largest absolute Gasteiger partial charge is 0.384 e. The van der Waals surface area contributed by atoms with Crippen molar-refractivity contribution in [1.82, 2.24) is 4.90 Å². The van der Waals surface area contributed by atoms with E-state index in [4.69, 9.17) is 10.5 Å². The van der Waals surface area contributed by atoms with Crippen LogP contribution in [0.15, 0.2) is 77.6 Å². The summed E-state index contributed by atoms with van der Waals surface area (Å²) >= 11 is 0. The van der Waals surface area contributed by atoms with Gasteiger partial charge in [-0.05, 0) is 80.2 Å². The number of amidine groups is 1. The molecule has 1 heterocycles. The number of nitrogens with two attached hydrogens (primary N) is 1. The molecule has 0 saturated heterocycles. The minimum atomic E-state index is -1.45. The maximum Gasteiger partial charge on any atom is 0.118 e. The van der Waals surface area contributed by atoms with Gasteiger partial charge in [-0.25, -0.2) is 13.2 Å². The number of alkyl halides is 2. The standard InChI is InChI=1S/C31H42F3N3O/c1-7-36-30(35)13-10-22(2)25-11-12-28-26(19-25)17-23(3)37(21-31(4,5)34)29(28)20-27(33)18-24(14-15-32)9-8-16-38-6/h8-14,18-19,23,29H,2,7,15-17,20-21H2,1,3-6H3,(H2,35,36)/b9-8+,13-10-,24-14-,27-18+. The molecule has 2 N–H and O–H groups in total. The third-order valence-corrected chi connectivity index (χ3v) is 6.31. The zero-order chi connectivity index (χ0) is 28.3. The summed E-state index contributed by atoms with van der Waals surface area (Å²) < 4.78 is 48.3. The van der Waals surface area contributed by atoms with E-state index in [2.05, 4.69) is 17.6 Å². The minimum absolute atomic E-state index is 0.0100. The molecule has 208 valence electrons. The van der Waals surface area contributed by atoms with Crippen LogP contribution in [0.3, 0.4) is 0 Å². The first-order chi connectivity index (χ1) is 18.0. The second-order valence-electron chi connectivity index (χ2n) is 10.1. The van der Waals surface area contributed by atoms with E-state index in [-0.39, 0.29) is 25.0 Å². The summed E-state index contributed by atoms with van der Waals surface area (Å²) in [4.78, 5) is 6.19. The van der Waals surface area contributed by atoms with Crippen LogP contribution >= 0.6 is 0 Å². The molecule has 0 amide bonds. The van der Waals surface area contributed by atoms with Crippen molar-refractivity contribution >= 4 is 11.4 Å². The highest BCUT2D eigenvalue weighted by molar-refractivity contribution is 5.94. The number of allylic oxidation sites excluding steroid dienone is 6. The molecule has 1 aromatic carbocycles. The lowest BCUT2D eigenvalue weighted by atomic mass is 9.84. The summed E-state index contributed by atoms with van der Waals surface area (Å²) in [6, 6.07) is 5.61. The number of methoxy groups -OCH3 is 1. The first-order valence-corrected chi connectivity index (χ1v) is 13.0. The van der Waals surface area contributed by atoms with Gasteiger partial charge in [0.1, 0.15) is 24.0 Å². The first kappa shape index (κ1) is 31.3. The Kier molecular flexibility index (Phi) is 12.3. The number of halogens is 3. The Balaban J connectivity index is 2.44. The Morgan fingerprint density at radius 3 is 2.66 bits per heavy atom. The number of hydrogen-bond acceptors (Lipinski definition) is 3. The predicted octanol–water partition coefficient (Wildman–Crippen LogP) is 7.01. The van der Waals surface area contributed by atoms with Crippen LogP contribution in [0.5, 0.6) is 0 Å². The van der Waals surface area contributed by atoms with E-state index in [9.17, 15) is 8.78 Å². The van der Waals surface area contributed by atoms with Gasteiger partial charge in [-0.3, -0.25) is 9.89 Å². The summed E-state index contributed by atoms with van der Waals surface area (Å²) in [5.74, 6) is 0.0332. The van der Waals surface area contributed by atoms with Gasteiger partial charge in [0, 0.05) is 38.7 Å². The van der Waals surface area contributed by atoms with Crippen molar-refractivity contribution in [3.8, 4) is 0 Å². The number of nitrogens with zero attached hydrogens (tertiary/aromatic N) is 2. The van der Waals surface area contributed by atoms with Gasteiger partial charge in [0.25, 0.3) is 0 Å². The van der Waals surface area contributed by atoms with Crippen LogP contribution in [-0.2, 0) is 11.2 Å². The SMILES string of the molecule is C=C(/C=C\C(N)=NCC)c1ccc2c(c1)CC(C)N(CC(C)(C)F)C2C\C(F)=C/C(=C\CF)/C=C/COC. The average molecular weight is 530 g/mol. The molecule has 0 aromatic heterocycles. The summed E-state index contributed by atoms with van der Waals surface area (Å²) in [7, 11) is 1.55. The smallest absolute Gasteiger partial charge is 0.118 e. The van der Waals surface area contributed by atoms with Crippen molar-refractivity contribution in [2.24, 2.45) is 10.7 Å². The molecule has 7 heteroatoms. The van der Waals surface area contributed by atoms with E-state index in [0.29, 0.717) is 31.0 Å². The molecule has 1 aliphatic rings. The van der Waals surface area contributed by atoms with Gasteiger partial charge in [0.15, 0.2) is 0 Å². The fourth-order valence-electron chi connectivity index (χ4n) is 4.64. The number of aliphatic imine (C=N–C) groups is 1. The highest BCUT2D eigenvalue weighted by atomic mass is 19.1. The molecule has 0 radical (unpaired) electrons. The van der Waals surface area contributed by atoms with E-state index in [1.165, 1.54) is 26.0 Å². The van der Waals surface area contributed by atoms with Crippen LogP contribution in [0.2, 0.25) is 0 Å². The van der Waals surface area contributed by atoms with Crippen molar-refractivity contribution < 1.29 is 17.9 Å². The van der Waals surface area contributed by atoms with E-state index in [0.717, 1.165) is 22.3 Å². The Morgan fingerprint density at radius 2 is 2.03 bits per heavy atom. The molecular weight excluding hydrogens is 487 g/mol. The van der Waals surface area contributed by atoms with E-state index in [1.807, 2.05) is 37.0 Å². The topological polar surface area (TPSA) is 50.8 Å². The number of fused-ring (bicyclic) bond motifs is 1. The monoisotopic (exact) mass is 529 g/mol. The van der Waals surface area contributed by atoms with Gasteiger partial charge in [0.2, 0.25) is 0 Å². The Hall–Kier alpha value is -2.90. The third kappa shape index (κ3) is 9.76. The molecule has 0 aliphatic carbocycles. The van der Waals surface area contributed by atoms with Crippen LogP contribution < -0.4 is 5.73 Å². The molecular formula is C31H42F3N3O. The summed E-state index contributed by atoms with van der Waals surface area (Å²) in [6.07, 6.45) is 10.3. The van der Waals surface area contributed by atoms with Crippen molar-refractivity contribution in [3.63, 3.8) is 0 Å².